The molecule has 2 aromatic carbocycles. The first-order chi connectivity index (χ1) is 10.7. The average molecular weight is 393 g/mol. The molecule has 0 aliphatic carbocycles. The van der Waals surface area contributed by atoms with Crippen molar-refractivity contribution in [3.63, 3.8) is 0 Å². The number of nitrogens with zero attached hydrogens (tertiary/aromatic N) is 1. The first-order valence-corrected chi connectivity index (χ1v) is 9.06. The number of hydrogen-bond acceptors (Lipinski definition) is 3. The fraction of sp³-hybridized carbons (Fsp3) is 0.133. The Hall–Kier alpha value is -1.27. The standard InChI is InChI=1S/C15H12Cl3NO3S/c1-10(15(18)20)19(11-5-3-2-4-6-11)23(21,22)12-7-8-13(16)14(17)9-12/h2-10H,1H3. The van der Waals surface area contributed by atoms with Crippen LogP contribution in [0.4, 0.5) is 5.69 Å². The lowest BCUT2D eigenvalue weighted by atomic mass is 10.3. The lowest BCUT2D eigenvalue weighted by Gasteiger charge is -2.28. The number of carbonyl (C=O) groups is 1. The highest BCUT2D eigenvalue weighted by Crippen LogP contribution is 2.30. The quantitative estimate of drug-likeness (QED) is 0.711. The van der Waals surface area contributed by atoms with E-state index in [9.17, 15) is 13.2 Å². The molecule has 0 saturated carbocycles. The number of sulfonamides is 1. The molecule has 0 spiro atoms. The second kappa shape index (κ2) is 7.09. The first-order valence-electron chi connectivity index (χ1n) is 6.49. The van der Waals surface area contributed by atoms with Gasteiger partial charge in [0, 0.05) is 0 Å². The van der Waals surface area contributed by atoms with Crippen molar-refractivity contribution in [3.05, 3.63) is 58.6 Å². The summed E-state index contributed by atoms with van der Waals surface area (Å²) in [7, 11) is -4.05. The Bertz CT molecular complexity index is 825. The topological polar surface area (TPSA) is 54.5 Å². The van der Waals surface area contributed by atoms with Crippen LogP contribution in [0.1, 0.15) is 6.92 Å². The molecule has 0 saturated heterocycles. The summed E-state index contributed by atoms with van der Waals surface area (Å²) in [6.45, 7) is 1.41. The largest absolute Gasteiger partial charge is 0.279 e. The Morgan fingerprint density at radius 1 is 1.04 bits per heavy atom. The fourth-order valence-electron chi connectivity index (χ4n) is 1.99. The molecule has 0 aliphatic rings. The van der Waals surface area contributed by atoms with E-state index in [-0.39, 0.29) is 14.9 Å². The second-order valence-electron chi connectivity index (χ2n) is 4.69. The minimum absolute atomic E-state index is 0.0829. The third kappa shape index (κ3) is 3.80. The van der Waals surface area contributed by atoms with E-state index in [1.807, 2.05) is 0 Å². The highest BCUT2D eigenvalue weighted by atomic mass is 35.5. The van der Waals surface area contributed by atoms with Crippen molar-refractivity contribution >= 4 is 55.8 Å². The molecule has 0 fully saturated rings. The molecule has 0 aliphatic heterocycles. The van der Waals surface area contributed by atoms with Gasteiger partial charge in [-0.15, -0.1) is 0 Å². The summed E-state index contributed by atoms with van der Waals surface area (Å²) in [5.74, 6) is 0. The van der Waals surface area contributed by atoms with E-state index in [1.165, 1.54) is 25.1 Å². The highest BCUT2D eigenvalue weighted by Gasteiger charge is 2.32. The van der Waals surface area contributed by atoms with Crippen molar-refractivity contribution < 1.29 is 13.2 Å². The SMILES string of the molecule is CC(C(=O)Cl)N(c1ccccc1)S(=O)(=O)c1ccc(Cl)c(Cl)c1. The summed E-state index contributed by atoms with van der Waals surface area (Å²) in [5, 5.41) is -0.457. The van der Waals surface area contributed by atoms with Crippen molar-refractivity contribution in [1.29, 1.82) is 0 Å². The van der Waals surface area contributed by atoms with Gasteiger partial charge in [0.2, 0.25) is 5.24 Å². The van der Waals surface area contributed by atoms with Crippen LogP contribution in [0.2, 0.25) is 10.0 Å². The summed E-state index contributed by atoms with van der Waals surface area (Å²) in [5.41, 5.74) is 0.320. The third-order valence-corrected chi connectivity index (χ3v) is 6.09. The van der Waals surface area contributed by atoms with Crippen LogP contribution in [0, 0.1) is 0 Å². The Morgan fingerprint density at radius 2 is 1.65 bits per heavy atom. The van der Waals surface area contributed by atoms with Gasteiger partial charge in [0.25, 0.3) is 10.0 Å². The van der Waals surface area contributed by atoms with E-state index >= 15 is 0 Å². The summed E-state index contributed by atoms with van der Waals surface area (Å²) >= 11 is 17.3. The lowest BCUT2D eigenvalue weighted by Crippen LogP contribution is -2.42. The molecule has 8 heteroatoms. The van der Waals surface area contributed by atoms with Gasteiger partial charge >= 0.3 is 0 Å². The second-order valence-corrected chi connectivity index (χ2v) is 7.69. The Kier molecular flexibility index (Phi) is 5.57. The number of para-hydroxylation sites is 1. The zero-order valence-electron chi connectivity index (χ0n) is 11.9. The molecule has 1 atom stereocenters. The van der Waals surface area contributed by atoms with Gasteiger partial charge in [0.1, 0.15) is 6.04 Å². The van der Waals surface area contributed by atoms with E-state index in [4.69, 9.17) is 34.8 Å². The van der Waals surface area contributed by atoms with E-state index in [2.05, 4.69) is 0 Å². The van der Waals surface area contributed by atoms with Crippen molar-refractivity contribution in [3.8, 4) is 0 Å². The van der Waals surface area contributed by atoms with Gasteiger partial charge < -0.3 is 0 Å². The Morgan fingerprint density at radius 3 is 2.17 bits per heavy atom. The summed E-state index contributed by atoms with van der Waals surface area (Å²) in [6, 6.07) is 11.1. The van der Waals surface area contributed by atoms with Crippen molar-refractivity contribution in [2.45, 2.75) is 17.9 Å². The number of benzene rings is 2. The maximum atomic E-state index is 13.0. The predicted molar refractivity (Wildman–Crippen MR) is 92.9 cm³/mol. The molecule has 2 aromatic rings. The molecule has 0 heterocycles. The highest BCUT2D eigenvalue weighted by molar-refractivity contribution is 7.93. The van der Waals surface area contributed by atoms with Gasteiger partial charge in [0.05, 0.1) is 20.6 Å². The van der Waals surface area contributed by atoms with E-state index in [1.54, 1.807) is 30.3 Å². The van der Waals surface area contributed by atoms with E-state index in [0.717, 1.165) is 4.31 Å². The van der Waals surface area contributed by atoms with Gasteiger partial charge in [-0.25, -0.2) is 8.42 Å². The maximum Gasteiger partial charge on any atom is 0.265 e. The molecule has 0 radical (unpaired) electrons. The zero-order chi connectivity index (χ0) is 17.2. The normalized spacial score (nSPS) is 12.7. The minimum Gasteiger partial charge on any atom is -0.279 e. The van der Waals surface area contributed by atoms with E-state index < -0.39 is 21.3 Å². The monoisotopic (exact) mass is 391 g/mol. The van der Waals surface area contributed by atoms with Crippen molar-refractivity contribution in [1.82, 2.24) is 0 Å². The average Bonchev–Trinajstić information content (AvgIpc) is 2.50. The summed E-state index contributed by atoms with van der Waals surface area (Å²) in [4.78, 5) is 11.5. The van der Waals surface area contributed by atoms with Gasteiger partial charge in [-0.2, -0.15) is 0 Å². The number of carbonyl (C=O) groups excluding carboxylic acids is 1. The summed E-state index contributed by atoms with van der Waals surface area (Å²) < 4.78 is 26.9. The van der Waals surface area contributed by atoms with Crippen LogP contribution in [0.3, 0.4) is 0 Å². The smallest absolute Gasteiger partial charge is 0.265 e. The number of rotatable bonds is 5. The van der Waals surface area contributed by atoms with Crippen molar-refractivity contribution in [2.24, 2.45) is 0 Å². The van der Waals surface area contributed by atoms with Gasteiger partial charge in [-0.05, 0) is 48.9 Å². The molecule has 0 aromatic heterocycles. The van der Waals surface area contributed by atoms with Gasteiger partial charge in [-0.3, -0.25) is 9.10 Å². The molecule has 1 unspecified atom stereocenters. The van der Waals surface area contributed by atoms with Crippen LogP contribution < -0.4 is 4.31 Å². The molecule has 122 valence electrons. The molecule has 2 rings (SSSR count). The number of halogens is 3. The third-order valence-electron chi connectivity index (χ3n) is 3.14. The predicted octanol–water partition coefficient (Wildman–Crippen LogP) is 4.34. The lowest BCUT2D eigenvalue weighted by molar-refractivity contribution is -0.112. The Labute approximate surface area is 149 Å². The van der Waals surface area contributed by atoms with Crippen LogP contribution in [0.25, 0.3) is 0 Å². The zero-order valence-corrected chi connectivity index (χ0v) is 15.0. The minimum atomic E-state index is -4.05. The van der Waals surface area contributed by atoms with Gasteiger partial charge in [-0.1, -0.05) is 41.4 Å². The summed E-state index contributed by atoms with van der Waals surface area (Å²) in [6.07, 6.45) is 0. The molecule has 0 N–H and O–H groups in total. The van der Waals surface area contributed by atoms with Crippen molar-refractivity contribution in [2.75, 3.05) is 4.31 Å². The number of hydrogen-bond donors (Lipinski definition) is 0. The van der Waals surface area contributed by atoms with Crippen LogP contribution >= 0.6 is 34.8 Å². The fourth-order valence-corrected chi connectivity index (χ4v) is 4.15. The molecular weight excluding hydrogens is 381 g/mol. The molecule has 23 heavy (non-hydrogen) atoms. The van der Waals surface area contributed by atoms with Crippen LogP contribution in [-0.2, 0) is 14.8 Å². The van der Waals surface area contributed by atoms with Crippen LogP contribution in [0.15, 0.2) is 53.4 Å². The van der Waals surface area contributed by atoms with Crippen LogP contribution in [0.5, 0.6) is 0 Å². The Balaban J connectivity index is 2.62. The molecule has 0 bridgehead atoms. The van der Waals surface area contributed by atoms with E-state index in [0.29, 0.717) is 5.69 Å². The van der Waals surface area contributed by atoms with Crippen LogP contribution in [-0.4, -0.2) is 19.7 Å². The first kappa shape index (κ1) is 18.1. The van der Waals surface area contributed by atoms with Gasteiger partial charge in [0.15, 0.2) is 0 Å². The molecular formula is C15H12Cl3NO3S. The maximum absolute atomic E-state index is 13.0. The molecule has 4 nitrogen and oxygen atoms in total. The number of anilines is 1. The molecule has 0 amide bonds.